The third kappa shape index (κ3) is 3.53. The average molecular weight is 293 g/mol. The fourth-order valence-corrected chi connectivity index (χ4v) is 2.09. The molecule has 0 fully saturated rings. The standard InChI is InChI=1S/C12H12ClF3N2O/c13-10-4-2-7(5-9(10)12(14,15)16)1-3-8-6-19-11(17)18-8/h2,4-5,8H,1,3,6H2,(H2,17,18). The molecule has 104 valence electrons. The van der Waals surface area contributed by atoms with Gasteiger partial charge in [-0.25, -0.2) is 4.99 Å². The molecule has 1 atom stereocenters. The maximum absolute atomic E-state index is 12.7. The van der Waals surface area contributed by atoms with Crippen molar-refractivity contribution in [3.05, 3.63) is 34.3 Å². The Morgan fingerprint density at radius 1 is 1.42 bits per heavy atom. The summed E-state index contributed by atoms with van der Waals surface area (Å²) in [5.74, 6) is 0. The van der Waals surface area contributed by atoms with E-state index in [0.29, 0.717) is 25.0 Å². The number of hydrogen-bond donors (Lipinski definition) is 1. The molecule has 1 aliphatic rings. The average Bonchev–Trinajstić information content (AvgIpc) is 2.72. The van der Waals surface area contributed by atoms with Crippen LogP contribution in [0.25, 0.3) is 0 Å². The molecule has 0 saturated carbocycles. The van der Waals surface area contributed by atoms with Gasteiger partial charge in [0.2, 0.25) is 0 Å². The van der Waals surface area contributed by atoms with Crippen LogP contribution in [-0.4, -0.2) is 18.7 Å². The van der Waals surface area contributed by atoms with Crippen molar-refractivity contribution >= 4 is 17.6 Å². The van der Waals surface area contributed by atoms with Gasteiger partial charge in [0.25, 0.3) is 6.02 Å². The third-order valence-electron chi connectivity index (χ3n) is 2.84. The Morgan fingerprint density at radius 3 is 2.74 bits per heavy atom. The maximum Gasteiger partial charge on any atom is 0.417 e. The summed E-state index contributed by atoms with van der Waals surface area (Å²) < 4.78 is 43.0. The first-order valence-corrected chi connectivity index (χ1v) is 6.06. The van der Waals surface area contributed by atoms with E-state index in [2.05, 4.69) is 4.99 Å². The number of aryl methyl sites for hydroxylation is 1. The number of nitrogens with zero attached hydrogens (tertiary/aromatic N) is 1. The molecule has 0 aliphatic carbocycles. The maximum atomic E-state index is 12.7. The van der Waals surface area contributed by atoms with E-state index in [1.54, 1.807) is 6.07 Å². The van der Waals surface area contributed by atoms with Gasteiger partial charge in [0.1, 0.15) is 6.61 Å². The van der Waals surface area contributed by atoms with E-state index in [-0.39, 0.29) is 17.1 Å². The highest BCUT2D eigenvalue weighted by molar-refractivity contribution is 6.31. The van der Waals surface area contributed by atoms with Crippen molar-refractivity contribution in [2.45, 2.75) is 25.1 Å². The smallest absolute Gasteiger partial charge is 0.417 e. The molecule has 0 radical (unpaired) electrons. The highest BCUT2D eigenvalue weighted by Gasteiger charge is 2.33. The molecule has 1 aromatic rings. The Labute approximate surface area is 113 Å². The number of ether oxygens (including phenoxy) is 1. The highest BCUT2D eigenvalue weighted by atomic mass is 35.5. The van der Waals surface area contributed by atoms with Crippen LogP contribution in [0.4, 0.5) is 13.2 Å². The van der Waals surface area contributed by atoms with Crippen molar-refractivity contribution in [1.82, 2.24) is 0 Å². The van der Waals surface area contributed by atoms with E-state index >= 15 is 0 Å². The van der Waals surface area contributed by atoms with Crippen molar-refractivity contribution < 1.29 is 17.9 Å². The monoisotopic (exact) mass is 292 g/mol. The van der Waals surface area contributed by atoms with Crippen molar-refractivity contribution in [3.63, 3.8) is 0 Å². The summed E-state index contributed by atoms with van der Waals surface area (Å²) in [5, 5.41) is -0.289. The van der Waals surface area contributed by atoms with Gasteiger partial charge in [0, 0.05) is 0 Å². The van der Waals surface area contributed by atoms with E-state index in [4.69, 9.17) is 22.1 Å². The summed E-state index contributed by atoms with van der Waals surface area (Å²) in [6.45, 7) is 0.381. The van der Waals surface area contributed by atoms with Crippen molar-refractivity contribution in [2.24, 2.45) is 10.7 Å². The van der Waals surface area contributed by atoms with Crippen LogP contribution in [-0.2, 0) is 17.3 Å². The van der Waals surface area contributed by atoms with Crippen molar-refractivity contribution in [1.29, 1.82) is 0 Å². The number of alkyl halides is 3. The van der Waals surface area contributed by atoms with Crippen LogP contribution in [0.2, 0.25) is 5.02 Å². The number of benzene rings is 1. The SMILES string of the molecule is NC1=NC(CCc2ccc(Cl)c(C(F)(F)F)c2)CO1. The van der Waals surface area contributed by atoms with E-state index in [1.165, 1.54) is 6.07 Å². The Morgan fingerprint density at radius 2 is 2.16 bits per heavy atom. The van der Waals surface area contributed by atoms with Gasteiger partial charge < -0.3 is 10.5 Å². The second-order valence-electron chi connectivity index (χ2n) is 4.28. The molecule has 2 N–H and O–H groups in total. The van der Waals surface area contributed by atoms with E-state index in [9.17, 15) is 13.2 Å². The zero-order valence-electron chi connectivity index (χ0n) is 9.88. The minimum absolute atomic E-state index is 0.0926. The van der Waals surface area contributed by atoms with Crippen LogP contribution in [0.3, 0.4) is 0 Å². The Balaban J connectivity index is 2.05. The molecule has 0 aromatic heterocycles. The van der Waals surface area contributed by atoms with E-state index < -0.39 is 11.7 Å². The predicted molar refractivity (Wildman–Crippen MR) is 66.1 cm³/mol. The van der Waals surface area contributed by atoms with Crippen LogP contribution in [0.5, 0.6) is 0 Å². The summed E-state index contributed by atoms with van der Waals surface area (Å²) in [6.07, 6.45) is -3.39. The number of rotatable bonds is 3. The number of aliphatic imine (C=N–C) groups is 1. The lowest BCUT2D eigenvalue weighted by atomic mass is 10.0. The zero-order valence-corrected chi connectivity index (χ0v) is 10.6. The van der Waals surface area contributed by atoms with Gasteiger partial charge in [-0.3, -0.25) is 0 Å². The summed E-state index contributed by atoms with van der Waals surface area (Å²) in [5.41, 5.74) is 5.12. The molecule has 1 aromatic carbocycles. The molecule has 19 heavy (non-hydrogen) atoms. The van der Waals surface area contributed by atoms with E-state index in [1.807, 2.05) is 0 Å². The molecular formula is C12H12ClF3N2O. The fourth-order valence-electron chi connectivity index (χ4n) is 1.86. The molecule has 1 aliphatic heterocycles. The minimum Gasteiger partial charge on any atom is -0.463 e. The minimum atomic E-state index is -4.44. The Hall–Kier alpha value is -1.43. The van der Waals surface area contributed by atoms with Crippen LogP contribution in [0.15, 0.2) is 23.2 Å². The fraction of sp³-hybridized carbons (Fsp3) is 0.417. The predicted octanol–water partition coefficient (Wildman–Crippen LogP) is 3.00. The van der Waals surface area contributed by atoms with Gasteiger partial charge in [-0.2, -0.15) is 13.2 Å². The number of halogens is 4. The molecule has 0 spiro atoms. The van der Waals surface area contributed by atoms with Gasteiger partial charge in [0.05, 0.1) is 16.6 Å². The summed E-state index contributed by atoms with van der Waals surface area (Å²) in [7, 11) is 0. The molecule has 7 heteroatoms. The normalized spacial score (nSPS) is 19.2. The molecule has 3 nitrogen and oxygen atoms in total. The van der Waals surface area contributed by atoms with Gasteiger partial charge in [-0.1, -0.05) is 17.7 Å². The lowest BCUT2D eigenvalue weighted by Gasteiger charge is -2.11. The lowest BCUT2D eigenvalue weighted by Crippen LogP contribution is -2.10. The molecule has 0 bridgehead atoms. The quantitative estimate of drug-likeness (QED) is 0.931. The molecule has 0 saturated heterocycles. The van der Waals surface area contributed by atoms with E-state index in [0.717, 1.165) is 6.07 Å². The third-order valence-corrected chi connectivity index (χ3v) is 3.17. The van der Waals surface area contributed by atoms with Crippen LogP contribution in [0.1, 0.15) is 17.5 Å². The van der Waals surface area contributed by atoms with Crippen molar-refractivity contribution in [3.8, 4) is 0 Å². The van der Waals surface area contributed by atoms with Gasteiger partial charge in [-0.15, -0.1) is 0 Å². The summed E-state index contributed by atoms with van der Waals surface area (Å²) in [4.78, 5) is 4.02. The number of amidine groups is 1. The van der Waals surface area contributed by atoms with Gasteiger partial charge in [0.15, 0.2) is 0 Å². The van der Waals surface area contributed by atoms with Gasteiger partial charge >= 0.3 is 6.18 Å². The first-order chi connectivity index (χ1) is 8.86. The second-order valence-corrected chi connectivity index (χ2v) is 4.69. The number of nitrogens with two attached hydrogens (primary N) is 1. The summed E-state index contributed by atoms with van der Waals surface area (Å²) in [6, 6.07) is 3.97. The van der Waals surface area contributed by atoms with Crippen molar-refractivity contribution in [2.75, 3.05) is 6.61 Å². The highest BCUT2D eigenvalue weighted by Crippen LogP contribution is 2.35. The van der Waals surface area contributed by atoms with Crippen LogP contribution < -0.4 is 5.73 Å². The second kappa shape index (κ2) is 5.28. The summed E-state index contributed by atoms with van der Waals surface area (Å²) >= 11 is 5.55. The number of hydrogen-bond acceptors (Lipinski definition) is 3. The van der Waals surface area contributed by atoms with Crippen LogP contribution in [0, 0.1) is 0 Å². The lowest BCUT2D eigenvalue weighted by molar-refractivity contribution is -0.137. The molecule has 0 amide bonds. The topological polar surface area (TPSA) is 47.6 Å². The van der Waals surface area contributed by atoms with Crippen LogP contribution >= 0.6 is 11.6 Å². The first-order valence-electron chi connectivity index (χ1n) is 5.68. The Bertz CT molecular complexity index is 502. The molecule has 2 rings (SSSR count). The first kappa shape index (κ1) is 14.0. The largest absolute Gasteiger partial charge is 0.463 e. The molecule has 1 heterocycles. The molecule has 1 unspecified atom stereocenters. The Kier molecular flexibility index (Phi) is 3.89. The molecular weight excluding hydrogens is 281 g/mol. The van der Waals surface area contributed by atoms with Gasteiger partial charge in [-0.05, 0) is 30.5 Å². The zero-order chi connectivity index (χ0) is 14.0.